The predicted molar refractivity (Wildman–Crippen MR) is 67.7 cm³/mol. The normalized spacial score (nSPS) is 19.1. The number of aromatic nitrogens is 3. The van der Waals surface area contributed by atoms with Crippen LogP contribution in [0.1, 0.15) is 36.2 Å². The standard InChI is InChI=1S/C13H14F2N4O/c14-13(15)4-2-9(3-5-13)17-12(20)10-8-11-16-6-1-7-19(11)18-10/h1,6-9H,2-5H2,(H,17,20). The van der Waals surface area contributed by atoms with E-state index in [1.165, 1.54) is 4.52 Å². The lowest BCUT2D eigenvalue weighted by atomic mass is 9.92. The molecule has 1 saturated carbocycles. The molecule has 0 spiro atoms. The molecule has 1 fully saturated rings. The largest absolute Gasteiger partial charge is 0.348 e. The van der Waals surface area contributed by atoms with Gasteiger partial charge in [0.05, 0.1) is 0 Å². The lowest BCUT2D eigenvalue weighted by molar-refractivity contribution is -0.0399. The van der Waals surface area contributed by atoms with Crippen molar-refractivity contribution in [3.05, 3.63) is 30.2 Å². The highest BCUT2D eigenvalue weighted by Gasteiger charge is 2.35. The van der Waals surface area contributed by atoms with Gasteiger partial charge in [0.15, 0.2) is 11.3 Å². The molecule has 1 amide bonds. The van der Waals surface area contributed by atoms with Crippen LogP contribution in [0.4, 0.5) is 8.78 Å². The molecular weight excluding hydrogens is 266 g/mol. The summed E-state index contributed by atoms with van der Waals surface area (Å²) in [6.07, 6.45) is 3.55. The number of nitrogens with one attached hydrogen (secondary N) is 1. The minimum Gasteiger partial charge on any atom is -0.348 e. The summed E-state index contributed by atoms with van der Waals surface area (Å²) < 4.78 is 27.6. The summed E-state index contributed by atoms with van der Waals surface area (Å²) in [7, 11) is 0. The van der Waals surface area contributed by atoms with E-state index in [1.807, 2.05) is 0 Å². The van der Waals surface area contributed by atoms with E-state index in [2.05, 4.69) is 15.4 Å². The fourth-order valence-corrected chi connectivity index (χ4v) is 2.38. The van der Waals surface area contributed by atoms with Crippen LogP contribution < -0.4 is 5.32 Å². The number of carbonyl (C=O) groups is 1. The van der Waals surface area contributed by atoms with Gasteiger partial charge in [0.2, 0.25) is 5.92 Å². The minimum absolute atomic E-state index is 0.176. The molecule has 1 aliphatic rings. The Hall–Kier alpha value is -2.05. The third kappa shape index (κ3) is 2.61. The number of nitrogens with zero attached hydrogens (tertiary/aromatic N) is 3. The van der Waals surface area contributed by atoms with E-state index in [0.717, 1.165) is 0 Å². The molecule has 1 aliphatic carbocycles. The molecular formula is C13H14F2N4O. The van der Waals surface area contributed by atoms with Gasteiger partial charge < -0.3 is 5.32 Å². The zero-order valence-corrected chi connectivity index (χ0v) is 10.7. The van der Waals surface area contributed by atoms with E-state index in [4.69, 9.17) is 0 Å². The van der Waals surface area contributed by atoms with Crippen LogP contribution in [0, 0.1) is 0 Å². The Bertz CT molecular complexity index is 597. The van der Waals surface area contributed by atoms with Crippen molar-refractivity contribution in [1.82, 2.24) is 19.9 Å². The Morgan fingerprint density at radius 2 is 2.15 bits per heavy atom. The molecule has 0 aromatic carbocycles. The lowest BCUT2D eigenvalue weighted by Crippen LogP contribution is -2.40. The number of hydrogen-bond donors (Lipinski definition) is 1. The van der Waals surface area contributed by atoms with Gasteiger partial charge in [-0.3, -0.25) is 4.79 Å². The molecule has 3 rings (SSSR count). The van der Waals surface area contributed by atoms with Crippen molar-refractivity contribution in [3.8, 4) is 0 Å². The van der Waals surface area contributed by atoms with Crippen LogP contribution in [-0.4, -0.2) is 32.5 Å². The molecule has 2 aromatic rings. The minimum atomic E-state index is -2.59. The topological polar surface area (TPSA) is 59.3 Å². The van der Waals surface area contributed by atoms with Crippen LogP contribution >= 0.6 is 0 Å². The molecule has 2 heterocycles. The first-order valence-corrected chi connectivity index (χ1v) is 6.53. The highest BCUT2D eigenvalue weighted by molar-refractivity contribution is 5.93. The van der Waals surface area contributed by atoms with Crippen molar-refractivity contribution in [2.45, 2.75) is 37.6 Å². The first kappa shape index (κ1) is 13.0. The second kappa shape index (κ2) is 4.81. The molecule has 5 nitrogen and oxygen atoms in total. The maximum absolute atomic E-state index is 13.0. The molecule has 1 N–H and O–H groups in total. The van der Waals surface area contributed by atoms with E-state index in [1.54, 1.807) is 24.5 Å². The second-order valence-corrected chi connectivity index (χ2v) is 5.06. The maximum Gasteiger partial charge on any atom is 0.272 e. The van der Waals surface area contributed by atoms with Gasteiger partial charge in [-0.2, -0.15) is 5.10 Å². The van der Waals surface area contributed by atoms with E-state index < -0.39 is 5.92 Å². The van der Waals surface area contributed by atoms with Crippen LogP contribution in [0.15, 0.2) is 24.5 Å². The van der Waals surface area contributed by atoms with Crippen LogP contribution in [0.25, 0.3) is 5.65 Å². The van der Waals surface area contributed by atoms with Gasteiger partial charge in [-0.15, -0.1) is 0 Å². The number of fused-ring (bicyclic) bond motifs is 1. The summed E-state index contributed by atoms with van der Waals surface area (Å²) in [6.45, 7) is 0. The Labute approximate surface area is 114 Å². The number of hydrogen-bond acceptors (Lipinski definition) is 3. The van der Waals surface area contributed by atoms with Crippen LogP contribution in [0.5, 0.6) is 0 Å². The van der Waals surface area contributed by atoms with E-state index >= 15 is 0 Å². The first-order valence-electron chi connectivity index (χ1n) is 6.53. The summed E-state index contributed by atoms with van der Waals surface area (Å²) in [5, 5.41) is 6.86. The van der Waals surface area contributed by atoms with Crippen molar-refractivity contribution in [3.63, 3.8) is 0 Å². The average Bonchev–Trinajstić information content (AvgIpc) is 2.85. The van der Waals surface area contributed by atoms with E-state index in [-0.39, 0.29) is 30.5 Å². The predicted octanol–water partition coefficient (Wildman–Crippen LogP) is 2.04. The monoisotopic (exact) mass is 280 g/mol. The van der Waals surface area contributed by atoms with E-state index in [9.17, 15) is 13.6 Å². The third-order valence-corrected chi connectivity index (χ3v) is 3.52. The van der Waals surface area contributed by atoms with Gasteiger partial charge in [-0.1, -0.05) is 0 Å². The van der Waals surface area contributed by atoms with Crippen LogP contribution in [0.3, 0.4) is 0 Å². The highest BCUT2D eigenvalue weighted by atomic mass is 19.3. The van der Waals surface area contributed by atoms with Crippen LogP contribution in [0.2, 0.25) is 0 Å². The van der Waals surface area contributed by atoms with Crippen molar-refractivity contribution >= 4 is 11.6 Å². The molecule has 20 heavy (non-hydrogen) atoms. The van der Waals surface area contributed by atoms with Gasteiger partial charge >= 0.3 is 0 Å². The number of carbonyl (C=O) groups excluding carboxylic acids is 1. The Morgan fingerprint density at radius 3 is 2.85 bits per heavy atom. The smallest absolute Gasteiger partial charge is 0.272 e. The maximum atomic E-state index is 13.0. The van der Waals surface area contributed by atoms with Gasteiger partial charge in [-0.25, -0.2) is 18.3 Å². The molecule has 106 valence electrons. The molecule has 0 aliphatic heterocycles. The Balaban J connectivity index is 1.67. The summed E-state index contributed by atoms with van der Waals surface area (Å²) >= 11 is 0. The number of halogens is 2. The van der Waals surface area contributed by atoms with Gasteiger partial charge in [-0.05, 0) is 18.9 Å². The molecule has 0 saturated heterocycles. The summed E-state index contributed by atoms with van der Waals surface area (Å²) in [5.74, 6) is -2.93. The lowest BCUT2D eigenvalue weighted by Gasteiger charge is -2.28. The molecule has 0 bridgehead atoms. The fourth-order valence-electron chi connectivity index (χ4n) is 2.38. The zero-order valence-electron chi connectivity index (χ0n) is 10.7. The zero-order chi connectivity index (χ0) is 14.2. The number of rotatable bonds is 2. The number of alkyl halides is 2. The highest BCUT2D eigenvalue weighted by Crippen LogP contribution is 2.33. The van der Waals surface area contributed by atoms with Crippen molar-refractivity contribution in [2.75, 3.05) is 0 Å². The SMILES string of the molecule is O=C(NC1CCC(F)(F)CC1)c1cc2ncccn2n1. The van der Waals surface area contributed by atoms with Crippen molar-refractivity contribution in [2.24, 2.45) is 0 Å². The summed E-state index contributed by atoms with van der Waals surface area (Å²) in [4.78, 5) is 16.1. The molecule has 7 heteroatoms. The van der Waals surface area contributed by atoms with Gasteiger partial charge in [0.25, 0.3) is 5.91 Å². The Morgan fingerprint density at radius 1 is 1.40 bits per heavy atom. The Kier molecular flexibility index (Phi) is 3.11. The van der Waals surface area contributed by atoms with Gasteiger partial charge in [0.1, 0.15) is 0 Å². The first-order chi connectivity index (χ1) is 9.53. The van der Waals surface area contributed by atoms with E-state index in [0.29, 0.717) is 18.5 Å². The molecule has 2 aromatic heterocycles. The average molecular weight is 280 g/mol. The molecule has 0 atom stereocenters. The number of amides is 1. The van der Waals surface area contributed by atoms with Crippen molar-refractivity contribution < 1.29 is 13.6 Å². The van der Waals surface area contributed by atoms with Crippen molar-refractivity contribution in [1.29, 1.82) is 0 Å². The quantitative estimate of drug-likeness (QED) is 0.915. The summed E-state index contributed by atoms with van der Waals surface area (Å²) in [5.41, 5.74) is 0.828. The third-order valence-electron chi connectivity index (χ3n) is 3.52. The fraction of sp³-hybridized carbons (Fsp3) is 0.462. The molecule has 0 unspecified atom stereocenters. The second-order valence-electron chi connectivity index (χ2n) is 5.06. The van der Waals surface area contributed by atoms with Crippen LogP contribution in [-0.2, 0) is 0 Å². The van der Waals surface area contributed by atoms with Gasteiger partial charge in [0, 0.05) is 37.3 Å². The summed E-state index contributed by atoms with van der Waals surface area (Å²) in [6, 6.07) is 3.08. The molecule has 0 radical (unpaired) electrons.